The van der Waals surface area contributed by atoms with Gasteiger partial charge in [0.1, 0.15) is 11.6 Å². The van der Waals surface area contributed by atoms with Crippen molar-refractivity contribution in [3.8, 4) is 5.75 Å². The number of carbonyl (C=O) groups is 1. The molecule has 1 aliphatic heterocycles. The molecule has 1 aromatic rings. The molecule has 0 radical (unpaired) electrons. The van der Waals surface area contributed by atoms with Crippen LogP contribution >= 0.6 is 0 Å². The van der Waals surface area contributed by atoms with Crippen LogP contribution in [0.3, 0.4) is 0 Å². The molecule has 0 bridgehead atoms. The second-order valence-corrected chi connectivity index (χ2v) is 4.33. The van der Waals surface area contributed by atoms with Gasteiger partial charge in [-0.15, -0.1) is 0 Å². The van der Waals surface area contributed by atoms with E-state index in [4.69, 9.17) is 10.5 Å². The second kappa shape index (κ2) is 5.82. The van der Waals surface area contributed by atoms with Crippen molar-refractivity contribution in [2.24, 2.45) is 5.73 Å². The van der Waals surface area contributed by atoms with Crippen molar-refractivity contribution in [3.05, 3.63) is 29.6 Å². The molecule has 2 N–H and O–H groups in total. The largest absolute Gasteiger partial charge is 0.484 e. The van der Waals surface area contributed by atoms with E-state index in [2.05, 4.69) is 0 Å². The Morgan fingerprint density at radius 2 is 2.11 bits per heavy atom. The Balaban J connectivity index is 1.89. The zero-order valence-corrected chi connectivity index (χ0v) is 10.2. The normalized spacial score (nSPS) is 14.9. The van der Waals surface area contributed by atoms with E-state index >= 15 is 0 Å². The lowest BCUT2D eigenvalue weighted by molar-refractivity contribution is -0.132. The number of likely N-dealkylation sites (tertiary alicyclic amines) is 1. The molecule has 4 nitrogen and oxygen atoms in total. The minimum Gasteiger partial charge on any atom is -0.484 e. The average molecular weight is 252 g/mol. The molecule has 0 aliphatic carbocycles. The van der Waals surface area contributed by atoms with Crippen molar-refractivity contribution < 1.29 is 13.9 Å². The molecule has 1 amide bonds. The second-order valence-electron chi connectivity index (χ2n) is 4.33. The van der Waals surface area contributed by atoms with Crippen LogP contribution in [0.25, 0.3) is 0 Å². The van der Waals surface area contributed by atoms with Crippen LogP contribution in [0.15, 0.2) is 18.2 Å². The van der Waals surface area contributed by atoms with Gasteiger partial charge in [-0.05, 0) is 18.9 Å². The fourth-order valence-electron chi connectivity index (χ4n) is 1.99. The fourth-order valence-corrected chi connectivity index (χ4v) is 1.99. The summed E-state index contributed by atoms with van der Waals surface area (Å²) in [5.74, 6) is -0.0864. The summed E-state index contributed by atoms with van der Waals surface area (Å²) in [5.41, 5.74) is 5.80. The molecular formula is C13H17FN2O2. The van der Waals surface area contributed by atoms with Crippen LogP contribution in [-0.4, -0.2) is 30.5 Å². The minimum absolute atomic E-state index is 0.0403. The molecule has 98 valence electrons. The third-order valence-electron chi connectivity index (χ3n) is 3.07. The maximum atomic E-state index is 13.4. The van der Waals surface area contributed by atoms with Crippen LogP contribution in [-0.2, 0) is 11.3 Å². The van der Waals surface area contributed by atoms with Crippen LogP contribution in [0.1, 0.15) is 18.4 Å². The highest BCUT2D eigenvalue weighted by Crippen LogP contribution is 2.16. The molecule has 0 saturated carbocycles. The number of amides is 1. The van der Waals surface area contributed by atoms with Gasteiger partial charge < -0.3 is 15.4 Å². The van der Waals surface area contributed by atoms with Crippen LogP contribution in [0, 0.1) is 5.82 Å². The topological polar surface area (TPSA) is 55.6 Å². The molecule has 5 heteroatoms. The van der Waals surface area contributed by atoms with Gasteiger partial charge in [-0.25, -0.2) is 4.39 Å². The molecule has 0 atom stereocenters. The number of halogens is 1. The highest BCUT2D eigenvalue weighted by molar-refractivity contribution is 5.78. The van der Waals surface area contributed by atoms with Gasteiger partial charge in [-0.2, -0.15) is 0 Å². The summed E-state index contributed by atoms with van der Waals surface area (Å²) in [6, 6.07) is 4.47. The third-order valence-corrected chi connectivity index (χ3v) is 3.07. The van der Waals surface area contributed by atoms with Gasteiger partial charge >= 0.3 is 0 Å². The fraction of sp³-hybridized carbons (Fsp3) is 0.462. The van der Waals surface area contributed by atoms with Crippen molar-refractivity contribution in [3.63, 3.8) is 0 Å². The Hall–Kier alpha value is -1.62. The van der Waals surface area contributed by atoms with Crippen LogP contribution in [0.5, 0.6) is 5.75 Å². The number of hydrogen-bond donors (Lipinski definition) is 1. The molecule has 1 aliphatic rings. The van der Waals surface area contributed by atoms with Gasteiger partial charge in [-0.1, -0.05) is 6.07 Å². The van der Waals surface area contributed by atoms with E-state index in [9.17, 15) is 9.18 Å². The maximum absolute atomic E-state index is 13.4. The zero-order chi connectivity index (χ0) is 13.0. The molecule has 18 heavy (non-hydrogen) atoms. The number of carbonyl (C=O) groups excluding carboxylic acids is 1. The molecule has 1 heterocycles. The van der Waals surface area contributed by atoms with Gasteiger partial charge in [0.2, 0.25) is 0 Å². The van der Waals surface area contributed by atoms with E-state index in [1.54, 1.807) is 17.0 Å². The summed E-state index contributed by atoms with van der Waals surface area (Å²) in [4.78, 5) is 13.5. The first-order valence-corrected chi connectivity index (χ1v) is 6.10. The van der Waals surface area contributed by atoms with Crippen LogP contribution in [0.2, 0.25) is 0 Å². The number of ether oxygens (including phenoxy) is 1. The van der Waals surface area contributed by atoms with E-state index in [0.717, 1.165) is 25.9 Å². The minimum atomic E-state index is -0.399. The molecule has 2 rings (SSSR count). The van der Waals surface area contributed by atoms with Gasteiger partial charge in [0.05, 0.1) is 0 Å². The first kappa shape index (κ1) is 12.8. The van der Waals surface area contributed by atoms with Crippen molar-refractivity contribution in [1.29, 1.82) is 0 Å². The van der Waals surface area contributed by atoms with E-state index < -0.39 is 5.82 Å². The summed E-state index contributed by atoms with van der Waals surface area (Å²) in [6.45, 7) is 1.70. The highest BCUT2D eigenvalue weighted by atomic mass is 19.1. The van der Waals surface area contributed by atoms with Crippen molar-refractivity contribution in [2.45, 2.75) is 19.4 Å². The Bertz CT molecular complexity index is 431. The Morgan fingerprint density at radius 1 is 1.39 bits per heavy atom. The number of rotatable bonds is 4. The van der Waals surface area contributed by atoms with Gasteiger partial charge in [0, 0.05) is 31.3 Å². The summed E-state index contributed by atoms with van der Waals surface area (Å²) >= 11 is 0. The van der Waals surface area contributed by atoms with Crippen LogP contribution < -0.4 is 10.5 Å². The Morgan fingerprint density at radius 3 is 2.72 bits per heavy atom. The van der Waals surface area contributed by atoms with E-state index in [1.807, 2.05) is 0 Å². The summed E-state index contributed by atoms with van der Waals surface area (Å²) in [5, 5.41) is 0. The van der Waals surface area contributed by atoms with Crippen molar-refractivity contribution >= 4 is 5.91 Å². The standard InChI is InChI=1S/C13H17FN2O2/c14-12-7-11(4-3-10(12)8-15)18-9-13(17)16-5-1-2-6-16/h3-4,7H,1-2,5-6,8-9,15H2. The SMILES string of the molecule is NCc1ccc(OCC(=O)N2CCCC2)cc1F. The lowest BCUT2D eigenvalue weighted by atomic mass is 10.2. The van der Waals surface area contributed by atoms with Gasteiger partial charge in [0.25, 0.3) is 5.91 Å². The maximum Gasteiger partial charge on any atom is 0.260 e. The molecule has 1 fully saturated rings. The van der Waals surface area contributed by atoms with Crippen molar-refractivity contribution in [2.75, 3.05) is 19.7 Å². The van der Waals surface area contributed by atoms with E-state index in [-0.39, 0.29) is 19.1 Å². The van der Waals surface area contributed by atoms with E-state index in [0.29, 0.717) is 11.3 Å². The lowest BCUT2D eigenvalue weighted by Crippen LogP contribution is -2.32. The number of nitrogens with zero attached hydrogens (tertiary/aromatic N) is 1. The number of hydrogen-bond acceptors (Lipinski definition) is 3. The molecular weight excluding hydrogens is 235 g/mol. The third kappa shape index (κ3) is 2.98. The first-order valence-electron chi connectivity index (χ1n) is 6.10. The van der Waals surface area contributed by atoms with Gasteiger partial charge in [0.15, 0.2) is 6.61 Å². The zero-order valence-electron chi connectivity index (χ0n) is 10.2. The smallest absolute Gasteiger partial charge is 0.260 e. The average Bonchev–Trinajstić information content (AvgIpc) is 2.90. The highest BCUT2D eigenvalue weighted by Gasteiger charge is 2.18. The molecule has 0 aromatic heterocycles. The van der Waals surface area contributed by atoms with Crippen molar-refractivity contribution in [1.82, 2.24) is 4.90 Å². The quantitative estimate of drug-likeness (QED) is 0.878. The molecule has 1 aromatic carbocycles. The molecule has 1 saturated heterocycles. The van der Waals surface area contributed by atoms with Crippen LogP contribution in [0.4, 0.5) is 4.39 Å². The summed E-state index contributed by atoms with van der Waals surface area (Å²) in [7, 11) is 0. The predicted octanol–water partition coefficient (Wildman–Crippen LogP) is 1.29. The van der Waals surface area contributed by atoms with Gasteiger partial charge in [-0.3, -0.25) is 4.79 Å². The molecule has 0 unspecified atom stereocenters. The Labute approximate surface area is 106 Å². The number of benzene rings is 1. The predicted molar refractivity (Wildman–Crippen MR) is 65.6 cm³/mol. The molecule has 0 spiro atoms. The summed E-state index contributed by atoms with van der Waals surface area (Å²) in [6.07, 6.45) is 2.09. The lowest BCUT2D eigenvalue weighted by Gasteiger charge is -2.15. The Kier molecular flexibility index (Phi) is 4.15. The summed E-state index contributed by atoms with van der Waals surface area (Å²) < 4.78 is 18.7. The first-order chi connectivity index (χ1) is 8.70. The number of nitrogens with two attached hydrogens (primary N) is 1. The van der Waals surface area contributed by atoms with E-state index in [1.165, 1.54) is 6.07 Å². The monoisotopic (exact) mass is 252 g/mol.